The quantitative estimate of drug-likeness (QED) is 0.857. The van der Waals surface area contributed by atoms with Gasteiger partial charge >= 0.3 is 0 Å². The number of anilines is 1. The summed E-state index contributed by atoms with van der Waals surface area (Å²) in [5.74, 6) is 0.619. The molecule has 0 radical (unpaired) electrons. The summed E-state index contributed by atoms with van der Waals surface area (Å²) in [6.07, 6.45) is 4.39. The van der Waals surface area contributed by atoms with Gasteiger partial charge in [0, 0.05) is 18.9 Å². The van der Waals surface area contributed by atoms with Crippen LogP contribution in [0.25, 0.3) is 0 Å². The second-order valence-corrected chi connectivity index (χ2v) is 4.10. The molecule has 5 heteroatoms. The van der Waals surface area contributed by atoms with Gasteiger partial charge in [-0.2, -0.15) is 5.26 Å². The van der Waals surface area contributed by atoms with Crippen molar-refractivity contribution in [2.24, 2.45) is 0 Å². The summed E-state index contributed by atoms with van der Waals surface area (Å²) in [4.78, 5) is 8.06. The predicted octanol–water partition coefficient (Wildman–Crippen LogP) is 2.66. The summed E-state index contributed by atoms with van der Waals surface area (Å²) in [5, 5.41) is 12.3. The third-order valence-corrected chi connectivity index (χ3v) is 2.59. The van der Waals surface area contributed by atoms with Crippen LogP contribution in [0.3, 0.4) is 0 Å². The van der Waals surface area contributed by atoms with Gasteiger partial charge in [0.15, 0.2) is 0 Å². The minimum absolute atomic E-state index is 0.320. The lowest BCUT2D eigenvalue weighted by molar-refractivity contribution is 1.000. The second-order valence-electron chi connectivity index (χ2n) is 3.71. The molecule has 2 aromatic heterocycles. The van der Waals surface area contributed by atoms with Crippen LogP contribution in [-0.2, 0) is 6.42 Å². The van der Waals surface area contributed by atoms with Gasteiger partial charge in [-0.15, -0.1) is 0 Å². The van der Waals surface area contributed by atoms with E-state index in [2.05, 4.69) is 15.3 Å². The first kappa shape index (κ1) is 12.3. The van der Waals surface area contributed by atoms with Crippen molar-refractivity contribution < 1.29 is 0 Å². The molecule has 0 spiro atoms. The summed E-state index contributed by atoms with van der Waals surface area (Å²) in [6.45, 7) is 0.724. The molecule has 0 unspecified atom stereocenters. The van der Waals surface area contributed by atoms with Crippen molar-refractivity contribution in [1.29, 1.82) is 5.26 Å². The van der Waals surface area contributed by atoms with Crippen molar-refractivity contribution in [3.05, 3.63) is 52.9 Å². The van der Waals surface area contributed by atoms with Gasteiger partial charge in [0.1, 0.15) is 11.0 Å². The number of hydrogen-bond acceptors (Lipinski definition) is 4. The zero-order valence-corrected chi connectivity index (χ0v) is 10.4. The molecule has 2 heterocycles. The molecule has 0 aliphatic heterocycles. The Labute approximate surface area is 110 Å². The van der Waals surface area contributed by atoms with E-state index in [0.717, 1.165) is 13.0 Å². The molecule has 0 aliphatic carbocycles. The van der Waals surface area contributed by atoms with Crippen molar-refractivity contribution in [1.82, 2.24) is 9.97 Å². The number of nitriles is 1. The molecule has 2 rings (SSSR count). The maximum Gasteiger partial charge on any atom is 0.132 e. The zero-order chi connectivity index (χ0) is 12.8. The summed E-state index contributed by atoms with van der Waals surface area (Å²) >= 11 is 5.81. The van der Waals surface area contributed by atoms with E-state index in [4.69, 9.17) is 16.9 Å². The largest absolute Gasteiger partial charge is 0.370 e. The molecule has 0 saturated heterocycles. The summed E-state index contributed by atoms with van der Waals surface area (Å²) in [5.41, 5.74) is 1.70. The van der Waals surface area contributed by atoms with Crippen molar-refractivity contribution in [2.75, 3.05) is 11.9 Å². The van der Waals surface area contributed by atoms with Gasteiger partial charge in [-0.3, -0.25) is 4.98 Å². The number of halogens is 1. The van der Waals surface area contributed by atoms with Gasteiger partial charge in [0.05, 0.1) is 11.6 Å². The molecule has 18 heavy (non-hydrogen) atoms. The third-order valence-electron chi connectivity index (χ3n) is 2.39. The van der Waals surface area contributed by atoms with Crippen molar-refractivity contribution in [2.45, 2.75) is 6.42 Å². The molecule has 0 bridgehead atoms. The first-order chi connectivity index (χ1) is 8.78. The van der Waals surface area contributed by atoms with Gasteiger partial charge in [-0.1, -0.05) is 11.6 Å². The standard InChI is InChI=1S/C13H11ClN4/c14-12-7-11(9-15)8-13(18-12)17-6-3-10-1-4-16-5-2-10/h1-2,4-5,7-8H,3,6H2,(H,17,18). The van der Waals surface area contributed by atoms with Crippen LogP contribution >= 0.6 is 11.6 Å². The smallest absolute Gasteiger partial charge is 0.132 e. The highest BCUT2D eigenvalue weighted by molar-refractivity contribution is 6.29. The van der Waals surface area contributed by atoms with Gasteiger partial charge in [-0.05, 0) is 36.2 Å². The van der Waals surface area contributed by atoms with E-state index in [-0.39, 0.29) is 0 Å². The molecule has 0 atom stereocenters. The Morgan fingerprint density at radius 2 is 2.06 bits per heavy atom. The fourth-order valence-corrected chi connectivity index (χ4v) is 1.74. The predicted molar refractivity (Wildman–Crippen MR) is 70.4 cm³/mol. The molecule has 4 nitrogen and oxygen atoms in total. The van der Waals surface area contributed by atoms with Crippen LogP contribution in [0.5, 0.6) is 0 Å². The molecule has 0 aromatic carbocycles. The van der Waals surface area contributed by atoms with Crippen molar-refractivity contribution >= 4 is 17.4 Å². The Hall–Kier alpha value is -2.12. The Kier molecular flexibility index (Phi) is 4.11. The van der Waals surface area contributed by atoms with Crippen LogP contribution in [0.15, 0.2) is 36.7 Å². The molecule has 90 valence electrons. The topological polar surface area (TPSA) is 61.6 Å². The number of pyridine rings is 2. The molecule has 1 N–H and O–H groups in total. The summed E-state index contributed by atoms with van der Waals surface area (Å²) in [6, 6.07) is 9.19. The Morgan fingerprint density at radius 3 is 2.78 bits per heavy atom. The van der Waals surface area contributed by atoms with E-state index in [1.165, 1.54) is 11.6 Å². The van der Waals surface area contributed by atoms with Crippen LogP contribution in [-0.4, -0.2) is 16.5 Å². The van der Waals surface area contributed by atoms with E-state index >= 15 is 0 Å². The van der Waals surface area contributed by atoms with Gasteiger partial charge < -0.3 is 5.32 Å². The molecule has 0 saturated carbocycles. The molecular formula is C13H11ClN4. The Balaban J connectivity index is 1.95. The molecule has 0 fully saturated rings. The van der Waals surface area contributed by atoms with Crippen LogP contribution < -0.4 is 5.32 Å². The van der Waals surface area contributed by atoms with Crippen LogP contribution in [0.1, 0.15) is 11.1 Å². The fourth-order valence-electron chi connectivity index (χ4n) is 1.54. The lowest BCUT2D eigenvalue weighted by Gasteiger charge is -2.06. The van der Waals surface area contributed by atoms with Crippen LogP contribution in [0.4, 0.5) is 5.82 Å². The van der Waals surface area contributed by atoms with E-state index in [9.17, 15) is 0 Å². The lowest BCUT2D eigenvalue weighted by atomic mass is 10.2. The minimum Gasteiger partial charge on any atom is -0.370 e. The van der Waals surface area contributed by atoms with Crippen molar-refractivity contribution in [3.63, 3.8) is 0 Å². The lowest BCUT2D eigenvalue weighted by Crippen LogP contribution is -2.06. The first-order valence-corrected chi connectivity index (χ1v) is 5.86. The number of hydrogen-bond donors (Lipinski definition) is 1. The maximum absolute atomic E-state index is 8.82. The van der Waals surface area contributed by atoms with E-state index in [0.29, 0.717) is 16.5 Å². The normalized spacial score (nSPS) is 9.78. The second kappa shape index (κ2) is 5.99. The SMILES string of the molecule is N#Cc1cc(Cl)nc(NCCc2ccncc2)c1. The van der Waals surface area contributed by atoms with E-state index in [1.807, 2.05) is 18.2 Å². The monoisotopic (exact) mass is 258 g/mol. The first-order valence-electron chi connectivity index (χ1n) is 5.48. The highest BCUT2D eigenvalue weighted by Crippen LogP contribution is 2.13. The number of rotatable bonds is 4. The highest BCUT2D eigenvalue weighted by Gasteiger charge is 2.00. The van der Waals surface area contributed by atoms with Gasteiger partial charge in [0.2, 0.25) is 0 Å². The average molecular weight is 259 g/mol. The molecule has 0 amide bonds. The zero-order valence-electron chi connectivity index (χ0n) is 9.60. The van der Waals surface area contributed by atoms with E-state index in [1.54, 1.807) is 18.5 Å². The Bertz CT molecular complexity index is 563. The third kappa shape index (κ3) is 3.44. The Morgan fingerprint density at radius 1 is 1.28 bits per heavy atom. The summed E-state index contributed by atoms with van der Waals surface area (Å²) < 4.78 is 0. The average Bonchev–Trinajstić information content (AvgIpc) is 2.39. The molecular weight excluding hydrogens is 248 g/mol. The minimum atomic E-state index is 0.320. The van der Waals surface area contributed by atoms with Gasteiger partial charge in [0.25, 0.3) is 0 Å². The van der Waals surface area contributed by atoms with E-state index < -0.39 is 0 Å². The van der Waals surface area contributed by atoms with Crippen LogP contribution in [0, 0.1) is 11.3 Å². The fraction of sp³-hybridized carbons (Fsp3) is 0.154. The molecule has 2 aromatic rings. The number of nitrogens with one attached hydrogen (secondary N) is 1. The highest BCUT2D eigenvalue weighted by atomic mass is 35.5. The molecule has 0 aliphatic rings. The number of nitrogens with zero attached hydrogens (tertiary/aromatic N) is 3. The number of aromatic nitrogens is 2. The maximum atomic E-state index is 8.82. The summed E-state index contributed by atoms with van der Waals surface area (Å²) in [7, 11) is 0. The van der Waals surface area contributed by atoms with Crippen molar-refractivity contribution in [3.8, 4) is 6.07 Å². The van der Waals surface area contributed by atoms with Gasteiger partial charge in [-0.25, -0.2) is 4.98 Å². The van der Waals surface area contributed by atoms with Crippen LogP contribution in [0.2, 0.25) is 5.15 Å².